The van der Waals surface area contributed by atoms with E-state index < -0.39 is 15.9 Å². The normalized spacial score (nSPS) is 44.7. The van der Waals surface area contributed by atoms with Crippen LogP contribution in [0, 0.1) is 0 Å². The van der Waals surface area contributed by atoms with Crippen molar-refractivity contribution in [3.05, 3.63) is 0 Å². The third kappa shape index (κ3) is 2.72. The number of nitrogens with zero attached hydrogens (tertiary/aromatic N) is 1. The van der Waals surface area contributed by atoms with Crippen molar-refractivity contribution in [2.24, 2.45) is 0 Å². The lowest BCUT2D eigenvalue weighted by molar-refractivity contribution is 0.0822. The largest absolute Gasteiger partial charge is 0.390 e. The van der Waals surface area contributed by atoms with Crippen LogP contribution in [0.1, 0.15) is 13.8 Å². The first-order valence-corrected chi connectivity index (χ1v) is 8.42. The smallest absolute Gasteiger partial charge is 0.154 e. The van der Waals surface area contributed by atoms with E-state index in [0.717, 1.165) is 13.1 Å². The first kappa shape index (κ1) is 12.7. The standard InChI is InChI=1S/C10H19NO3S2/c1-7-3-11(4-8(2)15-7)9-5-16(13,14)6-10(9)12/h7-10,12H,3-6H2,1-2H3. The minimum atomic E-state index is -3.03. The van der Waals surface area contributed by atoms with Crippen LogP contribution in [-0.2, 0) is 9.84 Å². The average molecular weight is 265 g/mol. The molecular weight excluding hydrogens is 246 g/mol. The van der Waals surface area contributed by atoms with Gasteiger partial charge in [0.25, 0.3) is 0 Å². The van der Waals surface area contributed by atoms with Gasteiger partial charge in [-0.25, -0.2) is 8.42 Å². The van der Waals surface area contributed by atoms with Gasteiger partial charge in [0.2, 0.25) is 0 Å². The summed E-state index contributed by atoms with van der Waals surface area (Å²) in [6.07, 6.45) is -0.701. The number of hydrogen-bond acceptors (Lipinski definition) is 5. The summed E-state index contributed by atoms with van der Waals surface area (Å²) in [4.78, 5) is 2.15. The van der Waals surface area contributed by atoms with Gasteiger partial charge in [-0.2, -0.15) is 11.8 Å². The number of aliphatic hydroxyl groups excluding tert-OH is 1. The fraction of sp³-hybridized carbons (Fsp3) is 1.00. The monoisotopic (exact) mass is 265 g/mol. The summed E-state index contributed by atoms with van der Waals surface area (Å²) in [7, 11) is -3.03. The van der Waals surface area contributed by atoms with Crippen LogP contribution in [0.2, 0.25) is 0 Å². The second-order valence-corrected chi connectivity index (χ2v) is 8.96. The van der Waals surface area contributed by atoms with Crippen molar-refractivity contribution >= 4 is 21.6 Å². The molecule has 0 amide bonds. The van der Waals surface area contributed by atoms with Crippen molar-refractivity contribution in [1.29, 1.82) is 0 Å². The zero-order valence-electron chi connectivity index (χ0n) is 9.67. The Labute approximate surface area is 101 Å². The molecular formula is C10H19NO3S2. The predicted octanol–water partition coefficient (Wildman–Crippen LogP) is -0.0299. The van der Waals surface area contributed by atoms with Gasteiger partial charge in [-0.3, -0.25) is 4.90 Å². The maximum absolute atomic E-state index is 11.5. The SMILES string of the molecule is CC1CN(C2CS(=O)(=O)CC2O)CC(C)S1. The molecule has 2 aliphatic heterocycles. The summed E-state index contributed by atoms with van der Waals surface area (Å²) >= 11 is 1.93. The maximum Gasteiger partial charge on any atom is 0.154 e. The van der Waals surface area contributed by atoms with E-state index in [1.165, 1.54) is 0 Å². The van der Waals surface area contributed by atoms with Crippen molar-refractivity contribution in [3.63, 3.8) is 0 Å². The van der Waals surface area contributed by atoms with E-state index in [9.17, 15) is 13.5 Å². The van der Waals surface area contributed by atoms with E-state index in [-0.39, 0.29) is 17.5 Å². The molecule has 2 rings (SSSR count). The number of rotatable bonds is 1. The van der Waals surface area contributed by atoms with Gasteiger partial charge in [0.05, 0.1) is 23.7 Å². The molecule has 0 radical (unpaired) electrons. The highest BCUT2D eigenvalue weighted by Gasteiger charge is 2.41. The van der Waals surface area contributed by atoms with Crippen molar-refractivity contribution in [3.8, 4) is 0 Å². The lowest BCUT2D eigenvalue weighted by Crippen LogP contribution is -2.50. The molecule has 16 heavy (non-hydrogen) atoms. The molecule has 6 heteroatoms. The van der Waals surface area contributed by atoms with Gasteiger partial charge in [0.1, 0.15) is 0 Å². The lowest BCUT2D eigenvalue weighted by atomic mass is 10.1. The predicted molar refractivity (Wildman–Crippen MR) is 66.5 cm³/mol. The number of hydrogen-bond donors (Lipinski definition) is 1. The van der Waals surface area contributed by atoms with Gasteiger partial charge in [-0.05, 0) is 0 Å². The molecule has 0 bridgehead atoms. The van der Waals surface area contributed by atoms with E-state index in [4.69, 9.17) is 0 Å². The van der Waals surface area contributed by atoms with Crippen LogP contribution < -0.4 is 0 Å². The Morgan fingerprint density at radius 2 is 1.75 bits per heavy atom. The minimum absolute atomic E-state index is 0.0654. The topological polar surface area (TPSA) is 57.6 Å². The Hall–Kier alpha value is 0.220. The molecule has 2 fully saturated rings. The van der Waals surface area contributed by atoms with Crippen LogP contribution >= 0.6 is 11.8 Å². The van der Waals surface area contributed by atoms with Crippen LogP contribution in [0.3, 0.4) is 0 Å². The summed E-state index contributed by atoms with van der Waals surface area (Å²) in [5.74, 6) is 0.0579. The maximum atomic E-state index is 11.5. The average Bonchev–Trinajstić information content (AvgIpc) is 2.38. The summed E-state index contributed by atoms with van der Waals surface area (Å²) in [5.41, 5.74) is 0. The zero-order chi connectivity index (χ0) is 11.9. The van der Waals surface area contributed by atoms with Gasteiger partial charge in [0.15, 0.2) is 9.84 Å². The summed E-state index contributed by atoms with van der Waals surface area (Å²) < 4.78 is 22.9. The fourth-order valence-electron chi connectivity index (χ4n) is 2.65. The Balaban J connectivity index is 2.07. The molecule has 1 N–H and O–H groups in total. The van der Waals surface area contributed by atoms with E-state index >= 15 is 0 Å². The molecule has 4 nitrogen and oxygen atoms in total. The van der Waals surface area contributed by atoms with E-state index in [1.54, 1.807) is 0 Å². The Kier molecular flexibility index (Phi) is 3.55. The molecule has 4 unspecified atom stereocenters. The van der Waals surface area contributed by atoms with Gasteiger partial charge in [0, 0.05) is 23.6 Å². The Morgan fingerprint density at radius 1 is 1.19 bits per heavy atom. The highest BCUT2D eigenvalue weighted by atomic mass is 32.2. The second-order valence-electron chi connectivity index (χ2n) is 4.92. The fourth-order valence-corrected chi connectivity index (χ4v) is 5.83. The van der Waals surface area contributed by atoms with Crippen molar-refractivity contribution in [2.75, 3.05) is 24.6 Å². The van der Waals surface area contributed by atoms with Crippen molar-refractivity contribution in [1.82, 2.24) is 4.90 Å². The quantitative estimate of drug-likeness (QED) is 0.721. The van der Waals surface area contributed by atoms with Crippen molar-refractivity contribution in [2.45, 2.75) is 36.5 Å². The number of sulfone groups is 1. The second kappa shape index (κ2) is 4.48. The third-order valence-corrected chi connectivity index (χ3v) is 6.14. The third-order valence-electron chi connectivity index (χ3n) is 3.21. The Morgan fingerprint density at radius 3 is 2.19 bits per heavy atom. The molecule has 2 heterocycles. The summed E-state index contributed by atoms with van der Waals surface area (Å²) in [6, 6.07) is -0.184. The zero-order valence-corrected chi connectivity index (χ0v) is 11.3. The molecule has 2 saturated heterocycles. The van der Waals surface area contributed by atoms with E-state index in [2.05, 4.69) is 18.7 Å². The highest BCUT2D eigenvalue weighted by molar-refractivity contribution is 8.00. The summed E-state index contributed by atoms with van der Waals surface area (Å²) in [6.45, 7) is 6.07. The molecule has 94 valence electrons. The van der Waals surface area contributed by atoms with Crippen molar-refractivity contribution < 1.29 is 13.5 Å². The molecule has 0 aliphatic carbocycles. The van der Waals surface area contributed by atoms with Crippen LogP contribution in [0.15, 0.2) is 0 Å². The van der Waals surface area contributed by atoms with Crippen LogP contribution in [0.5, 0.6) is 0 Å². The molecule has 0 aromatic heterocycles. The first-order valence-electron chi connectivity index (χ1n) is 5.65. The molecule has 4 atom stereocenters. The van der Waals surface area contributed by atoms with Crippen LogP contribution in [-0.4, -0.2) is 65.7 Å². The highest BCUT2D eigenvalue weighted by Crippen LogP contribution is 2.29. The van der Waals surface area contributed by atoms with Gasteiger partial charge in [-0.15, -0.1) is 0 Å². The minimum Gasteiger partial charge on any atom is -0.390 e. The van der Waals surface area contributed by atoms with Crippen LogP contribution in [0.4, 0.5) is 0 Å². The molecule has 0 aromatic carbocycles. The van der Waals surface area contributed by atoms with Gasteiger partial charge >= 0.3 is 0 Å². The lowest BCUT2D eigenvalue weighted by Gasteiger charge is -2.38. The van der Waals surface area contributed by atoms with Gasteiger partial charge < -0.3 is 5.11 Å². The first-order chi connectivity index (χ1) is 7.37. The number of thioether (sulfide) groups is 1. The van der Waals surface area contributed by atoms with Gasteiger partial charge in [-0.1, -0.05) is 13.8 Å². The summed E-state index contributed by atoms with van der Waals surface area (Å²) in [5, 5.41) is 10.8. The number of aliphatic hydroxyl groups is 1. The molecule has 0 saturated carbocycles. The molecule has 0 spiro atoms. The Bertz CT molecular complexity index is 347. The molecule has 0 aromatic rings. The van der Waals surface area contributed by atoms with E-state index in [1.807, 2.05) is 11.8 Å². The van der Waals surface area contributed by atoms with E-state index in [0.29, 0.717) is 10.5 Å². The molecule has 2 aliphatic rings. The van der Waals surface area contributed by atoms with Crippen LogP contribution in [0.25, 0.3) is 0 Å².